The van der Waals surface area contributed by atoms with E-state index >= 15 is 0 Å². The van der Waals surface area contributed by atoms with Crippen LogP contribution < -0.4 is 5.32 Å². The molecule has 1 aromatic carbocycles. The Morgan fingerprint density at radius 3 is 2.90 bits per heavy atom. The molecule has 20 heavy (non-hydrogen) atoms. The van der Waals surface area contributed by atoms with Crippen LogP contribution in [-0.2, 0) is 13.1 Å². The maximum Gasteiger partial charge on any atom is 0.129 e. The number of nitrogens with zero attached hydrogens (tertiary/aromatic N) is 3. The zero-order valence-electron chi connectivity index (χ0n) is 11.6. The zero-order chi connectivity index (χ0) is 14.5. The number of rotatable bonds is 5. The van der Waals surface area contributed by atoms with E-state index in [-0.39, 0.29) is 11.9 Å². The molecule has 0 saturated carbocycles. The van der Waals surface area contributed by atoms with Gasteiger partial charge in [0.2, 0.25) is 0 Å². The maximum atomic E-state index is 13.7. The number of hydrogen-bond donors (Lipinski definition) is 1. The van der Waals surface area contributed by atoms with E-state index in [0.717, 1.165) is 12.1 Å². The van der Waals surface area contributed by atoms with Crippen LogP contribution in [0.5, 0.6) is 0 Å². The van der Waals surface area contributed by atoms with Crippen LogP contribution in [0.3, 0.4) is 0 Å². The molecular weight excluding hydrogens is 255 g/mol. The van der Waals surface area contributed by atoms with Gasteiger partial charge < -0.3 is 5.32 Å². The zero-order valence-corrected chi connectivity index (χ0v) is 11.6. The second-order valence-electron chi connectivity index (χ2n) is 4.94. The average molecular weight is 272 g/mol. The molecule has 1 aromatic heterocycles. The van der Waals surface area contributed by atoms with Crippen molar-refractivity contribution in [1.82, 2.24) is 15.1 Å². The van der Waals surface area contributed by atoms with Crippen molar-refractivity contribution in [3.63, 3.8) is 0 Å². The van der Waals surface area contributed by atoms with Crippen LogP contribution >= 0.6 is 0 Å². The van der Waals surface area contributed by atoms with E-state index < -0.39 is 0 Å². The van der Waals surface area contributed by atoms with Gasteiger partial charge in [-0.1, -0.05) is 6.07 Å². The average Bonchev–Trinajstić information content (AvgIpc) is 2.82. The van der Waals surface area contributed by atoms with Gasteiger partial charge in [-0.05, 0) is 31.5 Å². The lowest BCUT2D eigenvalue weighted by Crippen LogP contribution is -2.30. The second kappa shape index (κ2) is 6.31. The summed E-state index contributed by atoms with van der Waals surface area (Å²) in [5, 5.41) is 16.2. The summed E-state index contributed by atoms with van der Waals surface area (Å²) in [5.41, 5.74) is 2.02. The second-order valence-corrected chi connectivity index (χ2v) is 4.94. The first-order valence-corrected chi connectivity index (χ1v) is 6.49. The van der Waals surface area contributed by atoms with Crippen LogP contribution in [0, 0.1) is 24.1 Å². The summed E-state index contributed by atoms with van der Waals surface area (Å²) in [7, 11) is 0. The normalized spacial score (nSPS) is 12.1. The van der Waals surface area contributed by atoms with Gasteiger partial charge in [0.15, 0.2) is 0 Å². The molecule has 1 atom stereocenters. The van der Waals surface area contributed by atoms with E-state index in [1.807, 2.05) is 37.0 Å². The van der Waals surface area contributed by atoms with Crippen LogP contribution in [0.15, 0.2) is 30.6 Å². The van der Waals surface area contributed by atoms with Gasteiger partial charge in [-0.25, -0.2) is 4.39 Å². The first kappa shape index (κ1) is 14.2. The van der Waals surface area contributed by atoms with E-state index in [9.17, 15) is 4.39 Å². The van der Waals surface area contributed by atoms with Gasteiger partial charge in [0, 0.05) is 24.3 Å². The van der Waals surface area contributed by atoms with Crippen molar-refractivity contribution in [3.05, 3.63) is 53.1 Å². The van der Waals surface area contributed by atoms with Crippen LogP contribution in [-0.4, -0.2) is 15.8 Å². The lowest BCUT2D eigenvalue weighted by atomic mass is 10.1. The molecule has 5 heteroatoms. The molecule has 0 bridgehead atoms. The molecule has 1 N–H and O–H groups in total. The van der Waals surface area contributed by atoms with Crippen molar-refractivity contribution >= 4 is 0 Å². The van der Waals surface area contributed by atoms with Crippen molar-refractivity contribution in [2.75, 3.05) is 0 Å². The molecule has 104 valence electrons. The smallest absolute Gasteiger partial charge is 0.129 e. The number of nitrogens with one attached hydrogen (secondary N) is 1. The Kier molecular flexibility index (Phi) is 4.49. The maximum absolute atomic E-state index is 13.7. The number of halogens is 1. The number of nitriles is 1. The molecule has 0 saturated heterocycles. The van der Waals surface area contributed by atoms with Gasteiger partial charge in [-0.2, -0.15) is 10.4 Å². The monoisotopic (exact) mass is 272 g/mol. The van der Waals surface area contributed by atoms with Crippen molar-refractivity contribution in [1.29, 1.82) is 5.26 Å². The highest BCUT2D eigenvalue weighted by atomic mass is 19.1. The van der Waals surface area contributed by atoms with Crippen molar-refractivity contribution in [2.45, 2.75) is 33.0 Å². The molecule has 0 fully saturated rings. The highest BCUT2D eigenvalue weighted by molar-refractivity contribution is 5.32. The topological polar surface area (TPSA) is 53.6 Å². The first-order chi connectivity index (χ1) is 9.58. The van der Waals surface area contributed by atoms with Crippen LogP contribution in [0.4, 0.5) is 4.39 Å². The molecule has 0 unspecified atom stereocenters. The molecule has 1 heterocycles. The van der Waals surface area contributed by atoms with Gasteiger partial charge in [-0.3, -0.25) is 4.68 Å². The Morgan fingerprint density at radius 1 is 1.50 bits per heavy atom. The number of aromatic nitrogens is 2. The van der Waals surface area contributed by atoms with Gasteiger partial charge in [0.1, 0.15) is 5.82 Å². The van der Waals surface area contributed by atoms with Crippen LogP contribution in [0.25, 0.3) is 0 Å². The molecule has 4 nitrogen and oxygen atoms in total. The summed E-state index contributed by atoms with van der Waals surface area (Å²) in [6.07, 6.45) is 3.79. The molecule has 0 amide bonds. The molecule has 2 aromatic rings. The Hall–Kier alpha value is -2.19. The third-order valence-corrected chi connectivity index (χ3v) is 3.05. The van der Waals surface area contributed by atoms with Crippen molar-refractivity contribution in [2.24, 2.45) is 0 Å². The van der Waals surface area contributed by atoms with E-state index in [4.69, 9.17) is 5.26 Å². The lowest BCUT2D eigenvalue weighted by Gasteiger charge is -2.14. The molecule has 0 aliphatic rings. The highest BCUT2D eigenvalue weighted by Gasteiger charge is 2.07. The summed E-state index contributed by atoms with van der Waals surface area (Å²) >= 11 is 0. The van der Waals surface area contributed by atoms with E-state index in [1.54, 1.807) is 12.1 Å². The van der Waals surface area contributed by atoms with E-state index in [2.05, 4.69) is 10.4 Å². The number of hydrogen-bond acceptors (Lipinski definition) is 3. The minimum Gasteiger partial charge on any atom is -0.308 e. The summed E-state index contributed by atoms with van der Waals surface area (Å²) in [5.74, 6) is -0.348. The van der Waals surface area contributed by atoms with Crippen LogP contribution in [0.1, 0.15) is 23.6 Å². The minimum atomic E-state index is -0.348. The van der Waals surface area contributed by atoms with Gasteiger partial charge >= 0.3 is 0 Å². The van der Waals surface area contributed by atoms with Gasteiger partial charge in [-0.15, -0.1) is 0 Å². The predicted octanol–water partition coefficient (Wildman–Crippen LogP) is 2.38. The summed E-state index contributed by atoms with van der Waals surface area (Å²) in [6.45, 7) is 5.18. The Morgan fingerprint density at radius 2 is 2.30 bits per heavy atom. The Bertz CT molecular complexity index is 627. The number of aryl methyl sites for hydroxylation is 1. The fourth-order valence-electron chi connectivity index (χ4n) is 1.96. The Labute approximate surface area is 117 Å². The predicted molar refractivity (Wildman–Crippen MR) is 74.4 cm³/mol. The Balaban J connectivity index is 1.90. The number of benzene rings is 1. The quantitative estimate of drug-likeness (QED) is 0.909. The lowest BCUT2D eigenvalue weighted by molar-refractivity contribution is 0.445. The fraction of sp³-hybridized carbons (Fsp3) is 0.333. The molecule has 0 radical (unpaired) electrons. The van der Waals surface area contributed by atoms with E-state index in [1.165, 1.54) is 6.07 Å². The minimum absolute atomic E-state index is 0.171. The van der Waals surface area contributed by atoms with Crippen molar-refractivity contribution in [3.8, 4) is 6.07 Å². The summed E-state index contributed by atoms with van der Waals surface area (Å²) in [6, 6.07) is 6.63. The summed E-state index contributed by atoms with van der Waals surface area (Å²) < 4.78 is 15.6. The molecule has 0 spiro atoms. The molecule has 2 rings (SSSR count). The highest BCUT2D eigenvalue weighted by Crippen LogP contribution is 2.10. The standard InChI is InChI=1S/C15H17FN4/c1-11-7-19-20(9-11)10-12(2)18-8-14-4-3-13(6-17)5-15(14)16/h3-5,7,9,12,18H,8,10H2,1-2H3/t12-/m0/s1. The third-order valence-electron chi connectivity index (χ3n) is 3.05. The largest absolute Gasteiger partial charge is 0.308 e. The van der Waals surface area contributed by atoms with Crippen LogP contribution in [0.2, 0.25) is 0 Å². The third kappa shape index (κ3) is 3.65. The molecule has 0 aliphatic heterocycles. The fourth-order valence-corrected chi connectivity index (χ4v) is 1.96. The van der Waals surface area contributed by atoms with Gasteiger partial charge in [0.05, 0.1) is 24.4 Å². The van der Waals surface area contributed by atoms with Crippen molar-refractivity contribution < 1.29 is 4.39 Å². The SMILES string of the molecule is Cc1cnn(C[C@H](C)NCc2ccc(C#N)cc2F)c1. The summed E-state index contributed by atoms with van der Waals surface area (Å²) in [4.78, 5) is 0. The molecule has 0 aliphatic carbocycles. The van der Waals surface area contributed by atoms with E-state index in [0.29, 0.717) is 17.7 Å². The molecular formula is C15H17FN4. The first-order valence-electron chi connectivity index (χ1n) is 6.49. The van der Waals surface area contributed by atoms with Gasteiger partial charge in [0.25, 0.3) is 0 Å².